The predicted molar refractivity (Wildman–Crippen MR) is 56.7 cm³/mol. The smallest absolute Gasteiger partial charge is 0.357 e. The van der Waals surface area contributed by atoms with Gasteiger partial charge in [-0.1, -0.05) is 19.3 Å². The van der Waals surface area contributed by atoms with Crippen LogP contribution in [-0.2, 0) is 0 Å². The van der Waals surface area contributed by atoms with Crippen molar-refractivity contribution in [3.05, 3.63) is 17.5 Å². The largest absolute Gasteiger partial charge is 0.476 e. The lowest BCUT2D eigenvalue weighted by Crippen LogP contribution is -2.14. The Kier molecular flexibility index (Phi) is 3.03. The maximum absolute atomic E-state index is 10.8. The van der Waals surface area contributed by atoms with Gasteiger partial charge in [0.05, 0.1) is 11.6 Å². The number of carbonyl (C=O) groups excluding carboxylic acids is 1. The number of aromatic nitrogens is 2. The standard InChI is InChI=1S/C11H14N2O3/c14-7-8-6-13(12-10(8)11(15)16)9-4-2-1-3-5-9/h6-7,9H,1-5H2,(H,15,16). The number of aldehydes is 1. The molecule has 0 aliphatic heterocycles. The number of hydrogen-bond donors (Lipinski definition) is 1. The third kappa shape index (κ3) is 1.98. The molecule has 0 spiro atoms. The number of rotatable bonds is 3. The maximum atomic E-state index is 10.8. The van der Waals surface area contributed by atoms with Gasteiger partial charge in [-0.25, -0.2) is 4.79 Å². The first-order valence-corrected chi connectivity index (χ1v) is 5.50. The third-order valence-corrected chi connectivity index (χ3v) is 3.04. The van der Waals surface area contributed by atoms with E-state index in [0.717, 1.165) is 25.7 Å². The fourth-order valence-corrected chi connectivity index (χ4v) is 2.19. The fourth-order valence-electron chi connectivity index (χ4n) is 2.19. The summed E-state index contributed by atoms with van der Waals surface area (Å²) in [4.78, 5) is 21.6. The van der Waals surface area contributed by atoms with Crippen LogP contribution in [0.15, 0.2) is 6.20 Å². The van der Waals surface area contributed by atoms with Gasteiger partial charge in [0.2, 0.25) is 0 Å². The molecule has 1 heterocycles. The highest BCUT2D eigenvalue weighted by Crippen LogP contribution is 2.27. The Balaban J connectivity index is 2.27. The van der Waals surface area contributed by atoms with E-state index in [4.69, 9.17) is 5.11 Å². The molecule has 0 saturated heterocycles. The van der Waals surface area contributed by atoms with Crippen molar-refractivity contribution in [1.29, 1.82) is 0 Å². The van der Waals surface area contributed by atoms with Crippen molar-refractivity contribution in [1.82, 2.24) is 9.78 Å². The van der Waals surface area contributed by atoms with Crippen LogP contribution in [0.3, 0.4) is 0 Å². The van der Waals surface area contributed by atoms with Crippen LogP contribution in [0, 0.1) is 0 Å². The molecular formula is C11H14N2O3. The first-order valence-electron chi connectivity index (χ1n) is 5.50. The van der Waals surface area contributed by atoms with Crippen molar-refractivity contribution >= 4 is 12.3 Å². The zero-order chi connectivity index (χ0) is 11.5. The minimum Gasteiger partial charge on any atom is -0.476 e. The summed E-state index contributed by atoms with van der Waals surface area (Å²) in [5.41, 5.74) is 0.0265. The molecule has 2 rings (SSSR count). The third-order valence-electron chi connectivity index (χ3n) is 3.04. The number of hydrogen-bond acceptors (Lipinski definition) is 3. The van der Waals surface area contributed by atoms with E-state index in [1.807, 2.05) is 0 Å². The summed E-state index contributed by atoms with van der Waals surface area (Å²) in [5, 5.41) is 12.9. The molecule has 86 valence electrons. The van der Waals surface area contributed by atoms with Gasteiger partial charge < -0.3 is 5.11 Å². The van der Waals surface area contributed by atoms with Gasteiger partial charge in [0.1, 0.15) is 0 Å². The minimum absolute atomic E-state index is 0.138. The fraction of sp³-hybridized carbons (Fsp3) is 0.545. The van der Waals surface area contributed by atoms with E-state index in [2.05, 4.69) is 5.10 Å². The van der Waals surface area contributed by atoms with Crippen molar-refractivity contribution in [2.45, 2.75) is 38.1 Å². The molecule has 0 unspecified atom stereocenters. The Morgan fingerprint density at radius 2 is 2.12 bits per heavy atom. The molecule has 1 N–H and O–H groups in total. The number of carbonyl (C=O) groups is 2. The molecule has 1 aromatic heterocycles. The molecule has 16 heavy (non-hydrogen) atoms. The van der Waals surface area contributed by atoms with Crippen molar-refractivity contribution in [3.63, 3.8) is 0 Å². The Morgan fingerprint density at radius 3 is 2.62 bits per heavy atom. The normalized spacial score (nSPS) is 17.2. The summed E-state index contributed by atoms with van der Waals surface area (Å²) < 4.78 is 1.65. The van der Waals surface area contributed by atoms with Crippen LogP contribution in [0.25, 0.3) is 0 Å². The van der Waals surface area contributed by atoms with E-state index in [-0.39, 0.29) is 17.3 Å². The van der Waals surface area contributed by atoms with E-state index < -0.39 is 5.97 Å². The van der Waals surface area contributed by atoms with E-state index in [1.54, 1.807) is 10.9 Å². The van der Waals surface area contributed by atoms with E-state index >= 15 is 0 Å². The molecule has 1 aromatic rings. The van der Waals surface area contributed by atoms with Crippen LogP contribution in [0.4, 0.5) is 0 Å². The highest BCUT2D eigenvalue weighted by Gasteiger charge is 2.21. The van der Waals surface area contributed by atoms with Gasteiger partial charge in [0.25, 0.3) is 0 Å². The highest BCUT2D eigenvalue weighted by atomic mass is 16.4. The minimum atomic E-state index is -1.14. The Morgan fingerprint density at radius 1 is 1.44 bits per heavy atom. The van der Waals surface area contributed by atoms with Crippen LogP contribution in [0.5, 0.6) is 0 Å². The second-order valence-electron chi connectivity index (χ2n) is 4.13. The molecule has 0 radical (unpaired) electrons. The van der Waals surface area contributed by atoms with Gasteiger partial charge in [-0.05, 0) is 12.8 Å². The average Bonchev–Trinajstić information content (AvgIpc) is 2.74. The van der Waals surface area contributed by atoms with Gasteiger partial charge in [0.15, 0.2) is 12.0 Å². The van der Waals surface area contributed by atoms with Crippen LogP contribution in [-0.4, -0.2) is 27.1 Å². The lowest BCUT2D eigenvalue weighted by Gasteiger charge is -2.21. The second kappa shape index (κ2) is 4.47. The summed E-state index contributed by atoms with van der Waals surface area (Å²) in [6.45, 7) is 0. The zero-order valence-corrected chi connectivity index (χ0v) is 8.93. The second-order valence-corrected chi connectivity index (χ2v) is 4.13. The first kappa shape index (κ1) is 10.9. The molecule has 1 aliphatic rings. The molecule has 5 nitrogen and oxygen atoms in total. The molecular weight excluding hydrogens is 208 g/mol. The van der Waals surface area contributed by atoms with Crippen LogP contribution in [0.2, 0.25) is 0 Å². The summed E-state index contributed by atoms with van der Waals surface area (Å²) in [5.74, 6) is -1.14. The zero-order valence-electron chi connectivity index (χ0n) is 8.93. The molecule has 0 bridgehead atoms. The molecule has 0 aromatic carbocycles. The van der Waals surface area contributed by atoms with E-state index in [9.17, 15) is 9.59 Å². The lowest BCUT2D eigenvalue weighted by molar-refractivity contribution is 0.0686. The van der Waals surface area contributed by atoms with Gasteiger partial charge in [0, 0.05) is 6.20 Å². The van der Waals surface area contributed by atoms with Crippen molar-refractivity contribution < 1.29 is 14.7 Å². The van der Waals surface area contributed by atoms with Crippen LogP contribution < -0.4 is 0 Å². The quantitative estimate of drug-likeness (QED) is 0.793. The maximum Gasteiger partial charge on any atom is 0.357 e. The summed E-state index contributed by atoms with van der Waals surface area (Å²) in [6.07, 6.45) is 7.64. The number of carboxylic acid groups (broad SMARTS) is 1. The highest BCUT2D eigenvalue weighted by molar-refractivity contribution is 5.95. The van der Waals surface area contributed by atoms with E-state index in [0.29, 0.717) is 6.29 Å². The van der Waals surface area contributed by atoms with Crippen LogP contribution >= 0.6 is 0 Å². The predicted octanol–water partition coefficient (Wildman–Crippen LogP) is 1.90. The first-order chi connectivity index (χ1) is 7.72. The molecule has 1 fully saturated rings. The van der Waals surface area contributed by atoms with Gasteiger partial charge in [-0.2, -0.15) is 5.10 Å². The number of carboxylic acids is 1. The number of nitrogens with zero attached hydrogens (tertiary/aromatic N) is 2. The molecule has 0 amide bonds. The Bertz CT molecular complexity index is 405. The lowest BCUT2D eigenvalue weighted by atomic mass is 9.96. The van der Waals surface area contributed by atoms with Gasteiger partial charge in [-0.3, -0.25) is 9.48 Å². The molecule has 0 atom stereocenters. The molecule has 1 aliphatic carbocycles. The monoisotopic (exact) mass is 222 g/mol. The summed E-state index contributed by atoms with van der Waals surface area (Å²) in [6, 6.07) is 0.251. The summed E-state index contributed by atoms with van der Waals surface area (Å²) >= 11 is 0. The Labute approximate surface area is 93.1 Å². The van der Waals surface area contributed by atoms with E-state index in [1.165, 1.54) is 6.42 Å². The molecule has 1 saturated carbocycles. The average molecular weight is 222 g/mol. The molecule has 5 heteroatoms. The Hall–Kier alpha value is -1.65. The SMILES string of the molecule is O=Cc1cn(C2CCCCC2)nc1C(=O)O. The van der Waals surface area contributed by atoms with Crippen molar-refractivity contribution in [2.24, 2.45) is 0 Å². The summed E-state index contributed by atoms with van der Waals surface area (Å²) in [7, 11) is 0. The number of aromatic carboxylic acids is 1. The van der Waals surface area contributed by atoms with Gasteiger partial charge in [-0.15, -0.1) is 0 Å². The van der Waals surface area contributed by atoms with Crippen molar-refractivity contribution in [2.75, 3.05) is 0 Å². The van der Waals surface area contributed by atoms with Crippen LogP contribution in [0.1, 0.15) is 59.0 Å². The van der Waals surface area contributed by atoms with Gasteiger partial charge >= 0.3 is 5.97 Å². The topological polar surface area (TPSA) is 72.2 Å². The van der Waals surface area contributed by atoms with Crippen molar-refractivity contribution in [3.8, 4) is 0 Å².